The molecule has 31 heavy (non-hydrogen) atoms. The number of ether oxygens (including phenoxy) is 2. The van der Waals surface area contributed by atoms with Gasteiger partial charge in [0.1, 0.15) is 0 Å². The monoisotopic (exact) mass is 462 g/mol. The van der Waals surface area contributed by atoms with E-state index < -0.39 is 30.7 Å². The van der Waals surface area contributed by atoms with Crippen LogP contribution in [0.1, 0.15) is 116 Å². The smallest absolute Gasteiger partial charge is 0.352 e. The van der Waals surface area contributed by atoms with Gasteiger partial charge in [0.25, 0.3) is 5.60 Å². The summed E-state index contributed by atoms with van der Waals surface area (Å²) in [5.74, 6) is 0. The minimum Gasteiger partial charge on any atom is -0.352 e. The van der Waals surface area contributed by atoms with Gasteiger partial charge in [-0.15, -0.1) is 0 Å². The quantitative estimate of drug-likeness (QED) is 0.150. The lowest BCUT2D eigenvalue weighted by molar-refractivity contribution is -0.470. The van der Waals surface area contributed by atoms with Crippen LogP contribution in [0.3, 0.4) is 0 Å². The molecule has 0 spiro atoms. The molecule has 0 aliphatic carbocycles. The fraction of sp³-hybridized carbons (Fsp3) is 1.00. The maximum atomic E-state index is 12.7. The van der Waals surface area contributed by atoms with Gasteiger partial charge in [0, 0.05) is 13.0 Å². The molecule has 2 nitrogen and oxygen atoms in total. The van der Waals surface area contributed by atoms with Crippen LogP contribution >= 0.6 is 0 Å². The second-order valence-electron chi connectivity index (χ2n) is 8.75. The zero-order chi connectivity index (χ0) is 23.2. The zero-order valence-corrected chi connectivity index (χ0v) is 18.9. The van der Waals surface area contributed by atoms with Crippen LogP contribution in [-0.4, -0.2) is 30.9 Å². The molecule has 1 rings (SSSR count). The Kier molecular flexibility index (Phi) is 13.4. The molecular weight excluding hydrogens is 422 g/mol. The van der Waals surface area contributed by atoms with E-state index in [9.17, 15) is 26.3 Å². The molecule has 1 fully saturated rings. The van der Waals surface area contributed by atoms with Gasteiger partial charge in [0.2, 0.25) is 0 Å². The Balaban J connectivity index is 1.87. The molecule has 0 N–H and O–H groups in total. The molecule has 0 aromatic rings. The lowest BCUT2D eigenvalue weighted by atomic mass is 9.92. The molecule has 0 radical (unpaired) electrons. The number of alkyl halides is 6. The van der Waals surface area contributed by atoms with E-state index in [-0.39, 0.29) is 6.61 Å². The largest absolute Gasteiger partial charge is 0.426 e. The van der Waals surface area contributed by atoms with Gasteiger partial charge >= 0.3 is 12.4 Å². The Bertz CT molecular complexity index is 428. The standard InChI is InChI=1S/C23H40F6O2/c1-2-3-4-5-6-7-8-9-10-11-12-13-14-15-16-17-18-30-20-19-21(31-20,22(24,25)26)23(27,28)29/h20H,2-19H2,1H3. The van der Waals surface area contributed by atoms with Crippen LogP contribution in [-0.2, 0) is 9.47 Å². The van der Waals surface area contributed by atoms with Gasteiger partial charge < -0.3 is 9.47 Å². The molecule has 1 heterocycles. The molecule has 1 saturated heterocycles. The molecule has 186 valence electrons. The van der Waals surface area contributed by atoms with E-state index in [1.54, 1.807) is 0 Å². The highest BCUT2D eigenvalue weighted by Crippen LogP contribution is 2.55. The summed E-state index contributed by atoms with van der Waals surface area (Å²) in [5, 5.41) is 0. The highest BCUT2D eigenvalue weighted by Gasteiger charge is 2.78. The van der Waals surface area contributed by atoms with Crippen molar-refractivity contribution in [2.75, 3.05) is 6.61 Å². The van der Waals surface area contributed by atoms with E-state index >= 15 is 0 Å². The van der Waals surface area contributed by atoms with Gasteiger partial charge in [-0.25, -0.2) is 0 Å². The normalized spacial score (nSPS) is 18.9. The van der Waals surface area contributed by atoms with E-state index in [1.807, 2.05) is 0 Å². The second-order valence-corrected chi connectivity index (χ2v) is 8.75. The van der Waals surface area contributed by atoms with E-state index in [4.69, 9.17) is 4.74 Å². The lowest BCUT2D eigenvalue weighted by Gasteiger charge is -2.48. The average Bonchev–Trinajstić information content (AvgIpc) is 2.63. The van der Waals surface area contributed by atoms with Crippen LogP contribution in [0.2, 0.25) is 0 Å². The van der Waals surface area contributed by atoms with Crippen LogP contribution in [0.25, 0.3) is 0 Å². The van der Waals surface area contributed by atoms with Gasteiger partial charge in [0.05, 0.1) is 0 Å². The van der Waals surface area contributed by atoms with Gasteiger partial charge in [-0.3, -0.25) is 0 Å². The Morgan fingerprint density at radius 3 is 1.29 bits per heavy atom. The predicted octanol–water partition coefficient (Wildman–Crippen LogP) is 8.87. The Morgan fingerprint density at radius 2 is 0.968 bits per heavy atom. The van der Waals surface area contributed by atoms with Crippen LogP contribution in [0.5, 0.6) is 0 Å². The average molecular weight is 463 g/mol. The summed E-state index contributed by atoms with van der Waals surface area (Å²) in [4.78, 5) is 0. The minimum absolute atomic E-state index is 0.120. The van der Waals surface area contributed by atoms with E-state index in [0.717, 1.165) is 19.3 Å². The molecule has 1 aliphatic rings. The van der Waals surface area contributed by atoms with Crippen molar-refractivity contribution in [3.05, 3.63) is 0 Å². The number of hydrogen-bond donors (Lipinski definition) is 0. The summed E-state index contributed by atoms with van der Waals surface area (Å²) >= 11 is 0. The molecular formula is C23H40F6O2. The molecule has 0 aromatic heterocycles. The molecule has 8 heteroatoms. The van der Waals surface area contributed by atoms with Crippen molar-refractivity contribution in [3.8, 4) is 0 Å². The van der Waals surface area contributed by atoms with Crippen molar-refractivity contribution in [1.82, 2.24) is 0 Å². The highest BCUT2D eigenvalue weighted by molar-refractivity contribution is 5.02. The fourth-order valence-corrected chi connectivity index (χ4v) is 3.93. The molecule has 1 unspecified atom stereocenters. The van der Waals surface area contributed by atoms with E-state index in [2.05, 4.69) is 11.7 Å². The third kappa shape index (κ3) is 10.3. The lowest BCUT2D eigenvalue weighted by Crippen LogP contribution is -2.68. The third-order valence-corrected chi connectivity index (χ3v) is 6.00. The first-order chi connectivity index (χ1) is 14.6. The first kappa shape index (κ1) is 28.5. The van der Waals surface area contributed by atoms with E-state index in [1.165, 1.54) is 77.0 Å². The SMILES string of the molecule is CCCCCCCCCCCCCCCCCCOC1CC(C(F)(F)F)(C(F)(F)F)O1. The van der Waals surface area contributed by atoms with Gasteiger partial charge in [-0.05, 0) is 6.42 Å². The van der Waals surface area contributed by atoms with Crippen LogP contribution in [0, 0.1) is 0 Å². The Hall–Kier alpha value is -0.500. The summed E-state index contributed by atoms with van der Waals surface area (Å²) in [7, 11) is 0. The summed E-state index contributed by atoms with van der Waals surface area (Å²) in [6.45, 7) is 2.35. The van der Waals surface area contributed by atoms with Crippen molar-refractivity contribution >= 4 is 0 Å². The van der Waals surface area contributed by atoms with Crippen molar-refractivity contribution in [2.45, 2.75) is 140 Å². The number of halogens is 6. The number of hydrogen-bond acceptors (Lipinski definition) is 2. The maximum Gasteiger partial charge on any atom is 0.426 e. The summed E-state index contributed by atoms with van der Waals surface area (Å²) in [6.07, 6.45) is 5.65. The summed E-state index contributed by atoms with van der Waals surface area (Å²) in [5.41, 5.74) is -4.07. The second kappa shape index (κ2) is 14.6. The van der Waals surface area contributed by atoms with Gasteiger partial charge in [0.15, 0.2) is 6.29 Å². The fourth-order valence-electron chi connectivity index (χ4n) is 3.93. The molecule has 0 bridgehead atoms. The molecule has 0 aromatic carbocycles. The highest BCUT2D eigenvalue weighted by atomic mass is 19.4. The van der Waals surface area contributed by atoms with E-state index in [0.29, 0.717) is 6.42 Å². The molecule has 1 atom stereocenters. The van der Waals surface area contributed by atoms with Crippen LogP contribution in [0.15, 0.2) is 0 Å². The van der Waals surface area contributed by atoms with Crippen LogP contribution in [0.4, 0.5) is 26.3 Å². The minimum atomic E-state index is -5.49. The van der Waals surface area contributed by atoms with Crippen molar-refractivity contribution in [2.24, 2.45) is 0 Å². The molecule has 1 aliphatic heterocycles. The zero-order valence-electron chi connectivity index (χ0n) is 18.9. The summed E-state index contributed by atoms with van der Waals surface area (Å²) in [6, 6.07) is 0. The molecule has 0 amide bonds. The van der Waals surface area contributed by atoms with Crippen LogP contribution < -0.4 is 0 Å². The van der Waals surface area contributed by atoms with Crippen molar-refractivity contribution < 1.29 is 35.8 Å². The van der Waals surface area contributed by atoms with Gasteiger partial charge in [-0.2, -0.15) is 26.3 Å². The Labute approximate surface area is 183 Å². The first-order valence-electron chi connectivity index (χ1n) is 12.1. The number of rotatable bonds is 18. The maximum absolute atomic E-state index is 12.7. The van der Waals surface area contributed by atoms with Gasteiger partial charge in [-0.1, -0.05) is 103 Å². The van der Waals surface area contributed by atoms with Crippen molar-refractivity contribution in [1.29, 1.82) is 0 Å². The Morgan fingerprint density at radius 1 is 0.645 bits per heavy atom. The first-order valence-corrected chi connectivity index (χ1v) is 12.1. The topological polar surface area (TPSA) is 18.5 Å². The predicted molar refractivity (Wildman–Crippen MR) is 110 cm³/mol. The summed E-state index contributed by atoms with van der Waals surface area (Å²) < 4.78 is 85.2. The number of unbranched alkanes of at least 4 members (excludes halogenated alkanes) is 15. The third-order valence-electron chi connectivity index (χ3n) is 6.00. The van der Waals surface area contributed by atoms with Crippen molar-refractivity contribution in [3.63, 3.8) is 0 Å². The molecule has 0 saturated carbocycles.